The van der Waals surface area contributed by atoms with Crippen LogP contribution in [0.4, 0.5) is 4.39 Å². The number of Topliss-reactive ketones (excluding diaryl/α,β-unsaturated/α-hetero) is 1. The monoisotopic (exact) mass is 343 g/mol. The molecule has 3 aromatic rings. The molecular formula is C17H11BrFNO. The van der Waals surface area contributed by atoms with Crippen LogP contribution in [0.3, 0.4) is 0 Å². The van der Waals surface area contributed by atoms with E-state index in [1.54, 1.807) is 18.2 Å². The van der Waals surface area contributed by atoms with E-state index in [1.807, 2.05) is 30.3 Å². The van der Waals surface area contributed by atoms with Gasteiger partial charge in [0.05, 0.1) is 9.99 Å². The number of benzene rings is 2. The summed E-state index contributed by atoms with van der Waals surface area (Å²) in [5.41, 5.74) is 1.97. The third-order valence-electron chi connectivity index (χ3n) is 3.23. The smallest absolute Gasteiger partial charge is 0.185 e. The Kier molecular flexibility index (Phi) is 3.80. The second-order valence-electron chi connectivity index (χ2n) is 4.74. The number of halogens is 2. The lowest BCUT2D eigenvalue weighted by atomic mass is 10.1. The van der Waals surface area contributed by atoms with E-state index in [0.717, 1.165) is 16.5 Å². The van der Waals surface area contributed by atoms with Crippen LogP contribution in [-0.2, 0) is 6.42 Å². The molecule has 2 aromatic carbocycles. The largest absolute Gasteiger partial charge is 0.292 e. The molecule has 0 bridgehead atoms. The van der Waals surface area contributed by atoms with Crippen molar-refractivity contribution in [3.63, 3.8) is 0 Å². The molecule has 1 heterocycles. The highest BCUT2D eigenvalue weighted by Crippen LogP contribution is 2.18. The van der Waals surface area contributed by atoms with E-state index >= 15 is 0 Å². The lowest BCUT2D eigenvalue weighted by Gasteiger charge is -2.04. The van der Waals surface area contributed by atoms with Gasteiger partial charge in [0.25, 0.3) is 0 Å². The first kappa shape index (κ1) is 13.9. The Morgan fingerprint density at radius 3 is 2.71 bits per heavy atom. The first-order chi connectivity index (χ1) is 10.1. The number of nitrogens with zero attached hydrogens (tertiary/aromatic N) is 1. The Labute approximate surface area is 129 Å². The van der Waals surface area contributed by atoms with Gasteiger partial charge in [0.1, 0.15) is 11.5 Å². The van der Waals surface area contributed by atoms with Crippen LogP contribution in [0.5, 0.6) is 0 Å². The number of fused-ring (bicyclic) bond motifs is 1. The Hall–Kier alpha value is -2.07. The first-order valence-corrected chi connectivity index (χ1v) is 7.26. The van der Waals surface area contributed by atoms with E-state index in [-0.39, 0.29) is 18.0 Å². The summed E-state index contributed by atoms with van der Waals surface area (Å²) in [5.74, 6) is -0.422. The Morgan fingerprint density at radius 1 is 1.10 bits per heavy atom. The van der Waals surface area contributed by atoms with Crippen LogP contribution < -0.4 is 0 Å². The van der Waals surface area contributed by atoms with Crippen molar-refractivity contribution < 1.29 is 9.18 Å². The summed E-state index contributed by atoms with van der Waals surface area (Å²) >= 11 is 3.12. The summed E-state index contributed by atoms with van der Waals surface area (Å²) in [7, 11) is 0. The Bertz CT molecular complexity index is 832. The first-order valence-electron chi connectivity index (χ1n) is 6.46. The Morgan fingerprint density at radius 2 is 1.90 bits per heavy atom. The normalized spacial score (nSPS) is 10.8. The van der Waals surface area contributed by atoms with E-state index in [0.29, 0.717) is 10.2 Å². The predicted molar refractivity (Wildman–Crippen MR) is 83.9 cm³/mol. The molecule has 21 heavy (non-hydrogen) atoms. The lowest BCUT2D eigenvalue weighted by Crippen LogP contribution is -2.06. The minimum Gasteiger partial charge on any atom is -0.292 e. The number of pyridine rings is 1. The van der Waals surface area contributed by atoms with Gasteiger partial charge in [-0.1, -0.05) is 30.3 Å². The number of aromatic nitrogens is 1. The van der Waals surface area contributed by atoms with Crippen molar-refractivity contribution in [2.45, 2.75) is 6.42 Å². The zero-order valence-corrected chi connectivity index (χ0v) is 12.6. The van der Waals surface area contributed by atoms with E-state index in [9.17, 15) is 9.18 Å². The molecule has 4 heteroatoms. The van der Waals surface area contributed by atoms with Crippen LogP contribution in [0.25, 0.3) is 10.9 Å². The maximum absolute atomic E-state index is 13.2. The molecule has 104 valence electrons. The van der Waals surface area contributed by atoms with E-state index < -0.39 is 0 Å². The van der Waals surface area contributed by atoms with Crippen molar-refractivity contribution in [3.05, 3.63) is 76.1 Å². The topological polar surface area (TPSA) is 30.0 Å². The molecule has 0 aliphatic heterocycles. The molecule has 0 saturated heterocycles. The van der Waals surface area contributed by atoms with Crippen LogP contribution in [0.1, 0.15) is 16.1 Å². The van der Waals surface area contributed by atoms with Crippen LogP contribution in [0.2, 0.25) is 0 Å². The highest BCUT2D eigenvalue weighted by molar-refractivity contribution is 9.10. The molecule has 0 spiro atoms. The van der Waals surface area contributed by atoms with Gasteiger partial charge < -0.3 is 0 Å². The molecule has 2 nitrogen and oxygen atoms in total. The SMILES string of the molecule is O=C(Cc1ccc(F)c(Br)c1)c1ccc2ccccc2n1. The van der Waals surface area contributed by atoms with Gasteiger partial charge in [0.15, 0.2) is 5.78 Å². The number of para-hydroxylation sites is 1. The number of rotatable bonds is 3. The zero-order chi connectivity index (χ0) is 14.8. The number of hydrogen-bond donors (Lipinski definition) is 0. The van der Waals surface area contributed by atoms with Crippen LogP contribution >= 0.6 is 15.9 Å². The molecule has 0 atom stereocenters. The summed E-state index contributed by atoms with van der Waals surface area (Å²) in [6, 6.07) is 15.8. The van der Waals surface area contributed by atoms with Gasteiger partial charge in [0.2, 0.25) is 0 Å². The molecule has 0 amide bonds. The highest BCUT2D eigenvalue weighted by Gasteiger charge is 2.10. The van der Waals surface area contributed by atoms with Crippen LogP contribution in [-0.4, -0.2) is 10.8 Å². The van der Waals surface area contributed by atoms with Crippen molar-refractivity contribution in [1.29, 1.82) is 0 Å². The number of carbonyl (C=O) groups excluding carboxylic acids is 1. The molecule has 0 N–H and O–H groups in total. The molecule has 0 radical (unpaired) electrons. The molecular weight excluding hydrogens is 333 g/mol. The summed E-state index contributed by atoms with van der Waals surface area (Å²) in [4.78, 5) is 16.7. The molecule has 0 aliphatic carbocycles. The summed E-state index contributed by atoms with van der Waals surface area (Å²) in [6.45, 7) is 0. The number of carbonyl (C=O) groups is 1. The molecule has 3 rings (SSSR count). The van der Waals surface area contributed by atoms with Crippen molar-refractivity contribution in [3.8, 4) is 0 Å². The standard InChI is InChI=1S/C17H11BrFNO/c18-13-9-11(5-7-14(13)19)10-17(21)16-8-6-12-3-1-2-4-15(12)20-16/h1-9H,10H2. The van der Waals surface area contributed by atoms with E-state index in [2.05, 4.69) is 20.9 Å². The zero-order valence-electron chi connectivity index (χ0n) is 11.0. The van der Waals surface area contributed by atoms with E-state index in [1.165, 1.54) is 6.07 Å². The van der Waals surface area contributed by atoms with Gasteiger partial charge in [-0.05, 0) is 45.8 Å². The second kappa shape index (κ2) is 5.74. The molecule has 0 aliphatic rings. The maximum Gasteiger partial charge on any atom is 0.185 e. The van der Waals surface area contributed by atoms with Gasteiger partial charge in [0, 0.05) is 11.8 Å². The predicted octanol–water partition coefficient (Wildman–Crippen LogP) is 4.56. The molecule has 0 fully saturated rings. The average molecular weight is 344 g/mol. The highest BCUT2D eigenvalue weighted by atomic mass is 79.9. The maximum atomic E-state index is 13.2. The summed E-state index contributed by atoms with van der Waals surface area (Å²) < 4.78 is 13.5. The third-order valence-corrected chi connectivity index (χ3v) is 3.84. The van der Waals surface area contributed by atoms with Gasteiger partial charge in [-0.25, -0.2) is 9.37 Å². The molecule has 0 unspecified atom stereocenters. The summed E-state index contributed by atoms with van der Waals surface area (Å²) in [5, 5.41) is 0.999. The number of hydrogen-bond acceptors (Lipinski definition) is 2. The van der Waals surface area contributed by atoms with Gasteiger partial charge in [-0.2, -0.15) is 0 Å². The minimum absolute atomic E-state index is 0.0840. The average Bonchev–Trinajstić information content (AvgIpc) is 2.50. The van der Waals surface area contributed by atoms with Crippen molar-refractivity contribution in [2.24, 2.45) is 0 Å². The van der Waals surface area contributed by atoms with Crippen molar-refractivity contribution in [2.75, 3.05) is 0 Å². The van der Waals surface area contributed by atoms with Crippen LogP contribution in [0, 0.1) is 5.82 Å². The lowest BCUT2D eigenvalue weighted by molar-refractivity contribution is 0.0988. The minimum atomic E-state index is -0.338. The van der Waals surface area contributed by atoms with E-state index in [4.69, 9.17) is 0 Å². The third kappa shape index (κ3) is 3.00. The van der Waals surface area contributed by atoms with Crippen molar-refractivity contribution >= 4 is 32.6 Å². The summed E-state index contributed by atoms with van der Waals surface area (Å²) in [6.07, 6.45) is 0.199. The fourth-order valence-corrected chi connectivity index (χ4v) is 2.57. The number of ketones is 1. The van der Waals surface area contributed by atoms with Gasteiger partial charge in [-0.3, -0.25) is 4.79 Å². The molecule has 0 saturated carbocycles. The van der Waals surface area contributed by atoms with Gasteiger partial charge in [-0.15, -0.1) is 0 Å². The van der Waals surface area contributed by atoms with Gasteiger partial charge >= 0.3 is 0 Å². The van der Waals surface area contributed by atoms with Crippen molar-refractivity contribution in [1.82, 2.24) is 4.98 Å². The van der Waals surface area contributed by atoms with Crippen LogP contribution in [0.15, 0.2) is 59.1 Å². The Balaban J connectivity index is 1.87. The fourth-order valence-electron chi connectivity index (χ4n) is 2.15. The quantitative estimate of drug-likeness (QED) is 0.652. The fraction of sp³-hybridized carbons (Fsp3) is 0.0588. The molecule has 1 aromatic heterocycles. The second-order valence-corrected chi connectivity index (χ2v) is 5.59.